The molecule has 1 fully saturated rings. The molecule has 3 rings (SSSR count). The molecule has 1 heterocycles. The van der Waals surface area contributed by atoms with Crippen molar-refractivity contribution in [2.45, 2.75) is 32.6 Å². The molecule has 0 bridgehead atoms. The SMILES string of the molecule is CCCCCCN1CCN(c2cc(F)c(N=Nc3ccc([N+](=O)[O-])cc3)c(F)c2)CC1. The molecule has 1 aliphatic heterocycles. The Morgan fingerprint density at radius 3 is 2.19 bits per heavy atom. The van der Waals surface area contributed by atoms with Crippen LogP contribution >= 0.6 is 0 Å². The van der Waals surface area contributed by atoms with Gasteiger partial charge in [0.1, 0.15) is 0 Å². The van der Waals surface area contributed by atoms with Crippen LogP contribution in [0.25, 0.3) is 0 Å². The number of unbranched alkanes of at least 4 members (excludes halogenated alkanes) is 3. The standard InChI is InChI=1S/C22H27F2N5O2/c1-2-3-4-5-10-27-11-13-28(14-12-27)19-15-20(23)22(21(24)16-19)26-25-17-6-8-18(9-7-17)29(30)31/h6-9,15-16H,2-5,10-14H2,1H3. The maximum Gasteiger partial charge on any atom is 0.269 e. The highest BCUT2D eigenvalue weighted by atomic mass is 19.1. The molecule has 0 saturated carbocycles. The highest BCUT2D eigenvalue weighted by molar-refractivity contribution is 5.55. The summed E-state index contributed by atoms with van der Waals surface area (Å²) in [5.41, 5.74) is 0.192. The van der Waals surface area contributed by atoms with Gasteiger partial charge >= 0.3 is 0 Å². The third-order valence-corrected chi connectivity index (χ3v) is 5.39. The number of nitrogens with zero attached hydrogens (tertiary/aromatic N) is 5. The number of non-ortho nitro benzene ring substituents is 1. The summed E-state index contributed by atoms with van der Waals surface area (Å²) in [6.45, 7) is 6.44. The van der Waals surface area contributed by atoms with Crippen molar-refractivity contribution in [3.05, 3.63) is 58.1 Å². The van der Waals surface area contributed by atoms with E-state index in [0.717, 1.165) is 32.7 Å². The fourth-order valence-corrected chi connectivity index (χ4v) is 3.57. The number of hydrogen-bond donors (Lipinski definition) is 0. The Bertz CT molecular complexity index is 890. The Kier molecular flexibility index (Phi) is 8.00. The highest BCUT2D eigenvalue weighted by Crippen LogP contribution is 2.30. The molecule has 7 nitrogen and oxygen atoms in total. The first-order valence-corrected chi connectivity index (χ1v) is 10.6. The number of benzene rings is 2. The first kappa shape index (κ1) is 22.7. The summed E-state index contributed by atoms with van der Waals surface area (Å²) in [6, 6.07) is 7.82. The van der Waals surface area contributed by atoms with Gasteiger partial charge in [-0.05, 0) is 37.2 Å². The molecule has 2 aromatic carbocycles. The topological polar surface area (TPSA) is 74.3 Å². The van der Waals surface area contributed by atoms with Crippen molar-refractivity contribution >= 4 is 22.7 Å². The maximum atomic E-state index is 14.5. The van der Waals surface area contributed by atoms with Crippen molar-refractivity contribution in [1.29, 1.82) is 0 Å². The molecule has 2 aromatic rings. The molecule has 0 aliphatic carbocycles. The van der Waals surface area contributed by atoms with Crippen LogP contribution in [0.5, 0.6) is 0 Å². The molecule has 0 spiro atoms. The number of azo groups is 1. The average Bonchev–Trinajstić information content (AvgIpc) is 2.77. The van der Waals surface area contributed by atoms with Crippen molar-refractivity contribution in [3.8, 4) is 0 Å². The lowest BCUT2D eigenvalue weighted by Crippen LogP contribution is -2.46. The molecule has 1 aliphatic rings. The summed E-state index contributed by atoms with van der Waals surface area (Å²) in [4.78, 5) is 14.5. The summed E-state index contributed by atoms with van der Waals surface area (Å²) in [5, 5.41) is 18.1. The van der Waals surface area contributed by atoms with Crippen molar-refractivity contribution in [2.75, 3.05) is 37.6 Å². The molecule has 31 heavy (non-hydrogen) atoms. The number of halogens is 2. The summed E-state index contributed by atoms with van der Waals surface area (Å²) < 4.78 is 29.1. The second-order valence-electron chi connectivity index (χ2n) is 7.62. The van der Waals surface area contributed by atoms with Gasteiger partial charge in [0, 0.05) is 44.0 Å². The fourth-order valence-electron chi connectivity index (χ4n) is 3.57. The third kappa shape index (κ3) is 6.27. The van der Waals surface area contributed by atoms with Gasteiger partial charge in [-0.2, -0.15) is 5.11 Å². The van der Waals surface area contributed by atoms with E-state index in [1.165, 1.54) is 62.1 Å². The largest absolute Gasteiger partial charge is 0.369 e. The van der Waals surface area contributed by atoms with E-state index in [2.05, 4.69) is 22.1 Å². The molecular formula is C22H27F2N5O2. The van der Waals surface area contributed by atoms with Gasteiger partial charge in [-0.1, -0.05) is 26.2 Å². The van der Waals surface area contributed by atoms with E-state index in [9.17, 15) is 18.9 Å². The van der Waals surface area contributed by atoms with E-state index in [1.54, 1.807) is 0 Å². The summed E-state index contributed by atoms with van der Waals surface area (Å²) in [5.74, 6) is -1.58. The molecular weight excluding hydrogens is 404 g/mol. The number of nitro groups is 1. The number of piperazine rings is 1. The lowest BCUT2D eigenvalue weighted by molar-refractivity contribution is -0.384. The molecule has 0 amide bonds. The third-order valence-electron chi connectivity index (χ3n) is 5.39. The Morgan fingerprint density at radius 2 is 1.61 bits per heavy atom. The van der Waals surface area contributed by atoms with Crippen LogP contribution in [0.1, 0.15) is 32.6 Å². The van der Waals surface area contributed by atoms with Crippen LogP contribution in [0, 0.1) is 21.7 Å². The minimum Gasteiger partial charge on any atom is -0.369 e. The molecule has 0 N–H and O–H groups in total. The Hall–Kier alpha value is -2.94. The summed E-state index contributed by atoms with van der Waals surface area (Å²) >= 11 is 0. The number of nitro benzene ring substituents is 1. The number of anilines is 1. The minimum atomic E-state index is -0.789. The zero-order chi connectivity index (χ0) is 22.2. The van der Waals surface area contributed by atoms with Gasteiger partial charge < -0.3 is 4.90 Å². The molecule has 0 atom stereocenters. The second-order valence-corrected chi connectivity index (χ2v) is 7.62. The second kappa shape index (κ2) is 10.9. The Balaban J connectivity index is 1.61. The summed E-state index contributed by atoms with van der Waals surface area (Å²) in [7, 11) is 0. The van der Waals surface area contributed by atoms with Gasteiger partial charge in [-0.25, -0.2) is 8.78 Å². The zero-order valence-corrected chi connectivity index (χ0v) is 17.6. The van der Waals surface area contributed by atoms with E-state index in [1.807, 2.05) is 4.90 Å². The lowest BCUT2D eigenvalue weighted by Gasteiger charge is -2.36. The van der Waals surface area contributed by atoms with E-state index in [-0.39, 0.29) is 11.4 Å². The highest BCUT2D eigenvalue weighted by Gasteiger charge is 2.20. The Labute approximate surface area is 180 Å². The first-order chi connectivity index (χ1) is 15.0. The van der Waals surface area contributed by atoms with Crippen LogP contribution in [-0.4, -0.2) is 42.5 Å². The molecule has 166 valence electrons. The van der Waals surface area contributed by atoms with E-state index in [0.29, 0.717) is 5.69 Å². The van der Waals surface area contributed by atoms with E-state index in [4.69, 9.17) is 0 Å². The van der Waals surface area contributed by atoms with Crippen LogP contribution in [0.4, 0.5) is 31.5 Å². The maximum absolute atomic E-state index is 14.5. The van der Waals surface area contributed by atoms with Crippen molar-refractivity contribution in [1.82, 2.24) is 4.90 Å². The van der Waals surface area contributed by atoms with Gasteiger partial charge in [0.25, 0.3) is 5.69 Å². The van der Waals surface area contributed by atoms with Crippen LogP contribution < -0.4 is 4.90 Å². The first-order valence-electron chi connectivity index (χ1n) is 10.6. The fraction of sp³-hybridized carbons (Fsp3) is 0.455. The molecule has 9 heteroatoms. The van der Waals surface area contributed by atoms with Gasteiger partial charge in [-0.3, -0.25) is 15.0 Å². The van der Waals surface area contributed by atoms with Crippen LogP contribution in [0.2, 0.25) is 0 Å². The van der Waals surface area contributed by atoms with Crippen LogP contribution in [0.15, 0.2) is 46.6 Å². The number of hydrogen-bond acceptors (Lipinski definition) is 6. The normalized spacial score (nSPS) is 15.0. The predicted octanol–water partition coefficient (Wildman–Crippen LogP) is 5.99. The van der Waals surface area contributed by atoms with Crippen molar-refractivity contribution in [2.24, 2.45) is 10.2 Å². The van der Waals surface area contributed by atoms with Crippen molar-refractivity contribution in [3.63, 3.8) is 0 Å². The molecule has 0 aromatic heterocycles. The average molecular weight is 431 g/mol. The van der Waals surface area contributed by atoms with Gasteiger partial charge in [-0.15, -0.1) is 5.11 Å². The van der Waals surface area contributed by atoms with Gasteiger partial charge in [0.05, 0.1) is 10.6 Å². The molecule has 0 radical (unpaired) electrons. The monoisotopic (exact) mass is 431 g/mol. The predicted molar refractivity (Wildman–Crippen MR) is 116 cm³/mol. The minimum absolute atomic E-state index is 0.0956. The van der Waals surface area contributed by atoms with E-state index >= 15 is 0 Å². The van der Waals surface area contributed by atoms with Gasteiger partial charge in [0.2, 0.25) is 0 Å². The van der Waals surface area contributed by atoms with E-state index < -0.39 is 22.2 Å². The molecule has 1 saturated heterocycles. The number of rotatable bonds is 9. The molecule has 0 unspecified atom stereocenters. The zero-order valence-electron chi connectivity index (χ0n) is 17.6. The van der Waals surface area contributed by atoms with Crippen LogP contribution in [-0.2, 0) is 0 Å². The Morgan fingerprint density at radius 1 is 0.968 bits per heavy atom. The van der Waals surface area contributed by atoms with Crippen LogP contribution in [0.3, 0.4) is 0 Å². The summed E-state index contributed by atoms with van der Waals surface area (Å²) in [6.07, 6.45) is 4.90. The lowest BCUT2D eigenvalue weighted by atomic mass is 10.2. The van der Waals surface area contributed by atoms with Crippen molar-refractivity contribution < 1.29 is 13.7 Å². The smallest absolute Gasteiger partial charge is 0.269 e. The van der Waals surface area contributed by atoms with Gasteiger partial charge in [0.15, 0.2) is 17.3 Å². The quantitative estimate of drug-likeness (QED) is 0.211.